The van der Waals surface area contributed by atoms with Crippen LogP contribution in [0.25, 0.3) is 6.08 Å². The highest BCUT2D eigenvalue weighted by molar-refractivity contribution is 6.07. The fourth-order valence-corrected chi connectivity index (χ4v) is 3.57. The summed E-state index contributed by atoms with van der Waals surface area (Å²) in [5.41, 5.74) is -0.0984. The Morgan fingerprint density at radius 1 is 0.791 bits per heavy atom. The second kappa shape index (κ2) is 14.4. The van der Waals surface area contributed by atoms with Crippen molar-refractivity contribution in [3.63, 3.8) is 0 Å². The summed E-state index contributed by atoms with van der Waals surface area (Å²) in [6.07, 6.45) is 4.72. The number of benzene rings is 2. The Hall–Kier alpha value is -4.07. The molecule has 0 radical (unpaired) electrons. The van der Waals surface area contributed by atoms with E-state index in [2.05, 4.69) is 6.58 Å². The molecule has 0 aliphatic carbocycles. The van der Waals surface area contributed by atoms with E-state index in [1.54, 1.807) is 78.0 Å². The third-order valence-electron chi connectivity index (χ3n) is 6.30. The van der Waals surface area contributed by atoms with Crippen molar-refractivity contribution < 1.29 is 38.1 Å². The lowest BCUT2D eigenvalue weighted by Crippen LogP contribution is -2.25. The molecule has 8 nitrogen and oxygen atoms in total. The molecule has 0 aliphatic rings. The van der Waals surface area contributed by atoms with Crippen LogP contribution in [0.15, 0.2) is 55.1 Å². The van der Waals surface area contributed by atoms with Gasteiger partial charge in [-0.15, -0.1) is 6.58 Å². The van der Waals surface area contributed by atoms with Crippen LogP contribution < -0.4 is 14.2 Å². The zero-order valence-corrected chi connectivity index (χ0v) is 27.2. The summed E-state index contributed by atoms with van der Waals surface area (Å²) in [6, 6.07) is 10.2. The largest absolute Gasteiger partial charge is 0.490 e. The molecule has 0 N–H and O–H groups in total. The molecule has 234 valence electrons. The first-order chi connectivity index (χ1) is 19.9. The van der Waals surface area contributed by atoms with Crippen LogP contribution in [0, 0.1) is 10.8 Å². The maximum absolute atomic E-state index is 13.2. The molecule has 0 fully saturated rings. The van der Waals surface area contributed by atoms with Gasteiger partial charge in [-0.3, -0.25) is 14.4 Å². The minimum atomic E-state index is -0.693. The number of carbonyl (C=O) groups excluding carboxylic acids is 3. The number of allylic oxidation sites excluding steroid dienone is 2. The van der Waals surface area contributed by atoms with Gasteiger partial charge in [0.05, 0.1) is 22.5 Å². The molecule has 0 heterocycles. The first-order valence-electron chi connectivity index (χ1n) is 14.3. The van der Waals surface area contributed by atoms with E-state index in [9.17, 15) is 14.4 Å². The van der Waals surface area contributed by atoms with Gasteiger partial charge < -0.3 is 23.7 Å². The molecule has 0 aromatic heterocycles. The normalized spacial score (nSPS) is 12.2. The molecule has 8 heteroatoms. The SMILES string of the molecule is C=CC(C)(C)c1ccc(OC(C)C)c(C=CC(=O)c2ccc(OCOC(=O)C(C)(C)C)cc2)c1OCOC(=O)C(C)(C)C. The van der Waals surface area contributed by atoms with Crippen LogP contribution in [0.3, 0.4) is 0 Å². The van der Waals surface area contributed by atoms with Crippen molar-refractivity contribution in [1.29, 1.82) is 0 Å². The molecule has 0 bridgehead atoms. The molecule has 0 atom stereocenters. The fraction of sp³-hybridized carbons (Fsp3) is 0.457. The Morgan fingerprint density at radius 2 is 1.33 bits per heavy atom. The van der Waals surface area contributed by atoms with Crippen molar-refractivity contribution in [1.82, 2.24) is 0 Å². The highest BCUT2D eigenvalue weighted by atomic mass is 16.7. The van der Waals surface area contributed by atoms with Crippen molar-refractivity contribution in [2.45, 2.75) is 80.8 Å². The molecule has 2 aromatic rings. The lowest BCUT2D eigenvalue weighted by molar-refractivity contribution is -0.160. The van der Waals surface area contributed by atoms with Crippen molar-refractivity contribution in [2.75, 3.05) is 13.6 Å². The lowest BCUT2D eigenvalue weighted by Gasteiger charge is -2.27. The lowest BCUT2D eigenvalue weighted by atomic mass is 9.83. The predicted molar refractivity (Wildman–Crippen MR) is 167 cm³/mol. The zero-order chi connectivity index (χ0) is 32.6. The minimum Gasteiger partial charge on any atom is -0.490 e. The van der Waals surface area contributed by atoms with Crippen LogP contribution in [0.2, 0.25) is 0 Å². The van der Waals surface area contributed by atoms with Gasteiger partial charge in [-0.25, -0.2) is 0 Å². The molecule has 0 unspecified atom stereocenters. The first kappa shape index (κ1) is 35.1. The van der Waals surface area contributed by atoms with Crippen LogP contribution in [-0.2, 0) is 24.5 Å². The number of esters is 2. The number of hydrogen-bond donors (Lipinski definition) is 0. The van der Waals surface area contributed by atoms with Gasteiger partial charge in [0, 0.05) is 16.5 Å². The van der Waals surface area contributed by atoms with Crippen LogP contribution in [-0.4, -0.2) is 37.4 Å². The van der Waals surface area contributed by atoms with Gasteiger partial charge in [0.2, 0.25) is 13.6 Å². The van der Waals surface area contributed by atoms with Crippen molar-refractivity contribution in [2.24, 2.45) is 10.8 Å². The second-order valence-electron chi connectivity index (χ2n) is 13.1. The van der Waals surface area contributed by atoms with Crippen LogP contribution >= 0.6 is 0 Å². The van der Waals surface area contributed by atoms with E-state index >= 15 is 0 Å². The molecule has 2 aromatic carbocycles. The minimum absolute atomic E-state index is 0.150. The van der Waals surface area contributed by atoms with E-state index < -0.39 is 22.2 Å². The predicted octanol–water partition coefficient (Wildman–Crippen LogP) is 7.68. The van der Waals surface area contributed by atoms with Gasteiger partial charge in [-0.2, -0.15) is 0 Å². The van der Waals surface area contributed by atoms with Gasteiger partial charge in [-0.05, 0) is 97.9 Å². The van der Waals surface area contributed by atoms with E-state index in [1.165, 1.54) is 6.08 Å². The quantitative estimate of drug-likeness (QED) is 0.0766. The number of rotatable bonds is 13. The molecule has 43 heavy (non-hydrogen) atoms. The van der Waals surface area contributed by atoms with E-state index in [0.717, 1.165) is 5.56 Å². The van der Waals surface area contributed by atoms with E-state index in [0.29, 0.717) is 28.4 Å². The van der Waals surface area contributed by atoms with Gasteiger partial charge in [0.1, 0.15) is 17.2 Å². The first-order valence-corrected chi connectivity index (χ1v) is 14.3. The maximum atomic E-state index is 13.2. The Bertz CT molecular complexity index is 1320. The smallest absolute Gasteiger partial charge is 0.314 e. The van der Waals surface area contributed by atoms with Gasteiger partial charge in [0.15, 0.2) is 5.78 Å². The van der Waals surface area contributed by atoms with Gasteiger partial charge >= 0.3 is 11.9 Å². The summed E-state index contributed by atoms with van der Waals surface area (Å²) in [7, 11) is 0. The standard InChI is InChI=1S/C35H46O8/c1-12-35(10,11)27-18-20-29(43-23(2)3)26(30(27)40-22-42-32(38)34(7,8)9)17-19-28(36)24-13-15-25(16-14-24)39-21-41-31(37)33(4,5)6/h12-20,23H,1,21-22H2,2-11H3. The third-order valence-corrected chi connectivity index (χ3v) is 6.30. The van der Waals surface area contributed by atoms with E-state index in [-0.39, 0.29) is 31.4 Å². The zero-order valence-electron chi connectivity index (χ0n) is 27.2. The monoisotopic (exact) mass is 594 g/mol. The molecule has 0 amide bonds. The third kappa shape index (κ3) is 10.3. The molecule has 0 aliphatic heterocycles. The summed E-state index contributed by atoms with van der Waals surface area (Å²) < 4.78 is 28.2. The highest BCUT2D eigenvalue weighted by Crippen LogP contribution is 2.41. The number of ether oxygens (including phenoxy) is 5. The summed E-state index contributed by atoms with van der Waals surface area (Å²) in [5.74, 6) is 0.338. The summed E-state index contributed by atoms with van der Waals surface area (Å²) in [5, 5.41) is 0. The van der Waals surface area contributed by atoms with Crippen LogP contribution in [0.5, 0.6) is 17.2 Å². The summed E-state index contributed by atoms with van der Waals surface area (Å²) >= 11 is 0. The summed E-state index contributed by atoms with van der Waals surface area (Å²) in [4.78, 5) is 37.5. The van der Waals surface area contributed by atoms with Gasteiger partial charge in [0.25, 0.3) is 0 Å². The average Bonchev–Trinajstić information content (AvgIpc) is 2.91. The van der Waals surface area contributed by atoms with E-state index in [1.807, 2.05) is 39.8 Å². The van der Waals surface area contributed by atoms with Crippen LogP contribution in [0.1, 0.15) is 90.7 Å². The molecule has 0 saturated heterocycles. The van der Waals surface area contributed by atoms with Crippen molar-refractivity contribution >= 4 is 23.8 Å². The van der Waals surface area contributed by atoms with Crippen LogP contribution in [0.4, 0.5) is 0 Å². The molecular formula is C35H46O8. The topological polar surface area (TPSA) is 97.4 Å². The average molecular weight is 595 g/mol. The molecule has 0 saturated carbocycles. The van der Waals surface area contributed by atoms with Gasteiger partial charge in [-0.1, -0.05) is 26.0 Å². The Morgan fingerprint density at radius 3 is 1.81 bits per heavy atom. The molecular weight excluding hydrogens is 548 g/mol. The Kier molecular flexibility index (Phi) is 11.8. The Labute approximate surface area is 256 Å². The van der Waals surface area contributed by atoms with E-state index in [4.69, 9.17) is 23.7 Å². The molecule has 2 rings (SSSR count). The number of ketones is 1. The Balaban J connectivity index is 2.37. The molecule has 0 spiro atoms. The highest BCUT2D eigenvalue weighted by Gasteiger charge is 2.27. The maximum Gasteiger partial charge on any atom is 0.314 e. The number of carbonyl (C=O) groups is 3. The summed E-state index contributed by atoms with van der Waals surface area (Å²) in [6.45, 7) is 21.8. The second-order valence-corrected chi connectivity index (χ2v) is 13.1. The fourth-order valence-electron chi connectivity index (χ4n) is 3.57. The van der Waals surface area contributed by atoms with Crippen molar-refractivity contribution in [3.8, 4) is 17.2 Å². The van der Waals surface area contributed by atoms with Crippen molar-refractivity contribution in [3.05, 3.63) is 71.8 Å². The number of hydrogen-bond acceptors (Lipinski definition) is 8.